The lowest BCUT2D eigenvalue weighted by Crippen LogP contribution is -2.18. The van der Waals surface area contributed by atoms with Crippen molar-refractivity contribution in [3.8, 4) is 0 Å². The van der Waals surface area contributed by atoms with Crippen molar-refractivity contribution in [2.24, 2.45) is 0 Å². The van der Waals surface area contributed by atoms with Crippen LogP contribution >= 0.6 is 12.6 Å². The highest BCUT2D eigenvalue weighted by molar-refractivity contribution is 7.97. The van der Waals surface area contributed by atoms with Gasteiger partial charge in [0.1, 0.15) is 0 Å². The molecule has 0 aromatic carbocycles. The molecule has 0 aliphatic heterocycles. The molecule has 0 N–H and O–H groups in total. The number of rotatable bonds is 4. The molecule has 0 bridgehead atoms. The van der Waals surface area contributed by atoms with Crippen LogP contribution in [0.2, 0.25) is 0 Å². The van der Waals surface area contributed by atoms with Crippen molar-refractivity contribution in [3.63, 3.8) is 0 Å². The number of hydrogen-bond donors (Lipinski definition) is 1. The highest BCUT2D eigenvalue weighted by Crippen LogP contribution is 2.03. The minimum Gasteiger partial charge on any atom is -0.287 e. The van der Waals surface area contributed by atoms with Crippen LogP contribution in [0.1, 0.15) is 20.3 Å². The van der Waals surface area contributed by atoms with E-state index in [2.05, 4.69) is 12.6 Å². The molecule has 66 valence electrons. The second kappa shape index (κ2) is 4.11. The molecule has 0 unspecified atom stereocenters. The average molecular weight is 196 g/mol. The van der Waals surface area contributed by atoms with E-state index in [-0.39, 0.29) is 17.3 Å². The van der Waals surface area contributed by atoms with Gasteiger partial charge in [0.05, 0.1) is 11.0 Å². The van der Waals surface area contributed by atoms with Crippen molar-refractivity contribution in [2.45, 2.75) is 25.5 Å². The molecule has 0 spiro atoms. The van der Waals surface area contributed by atoms with Gasteiger partial charge in [-0.05, 0) is 13.8 Å². The maximum absolute atomic E-state index is 11.0. The predicted octanol–water partition coefficient (Wildman–Crippen LogP) is 0.656. The second-order valence-electron chi connectivity index (χ2n) is 2.56. The van der Waals surface area contributed by atoms with Gasteiger partial charge in [0, 0.05) is 6.42 Å². The molecule has 3 nitrogen and oxygen atoms in total. The van der Waals surface area contributed by atoms with E-state index in [4.69, 9.17) is 0 Å². The summed E-state index contributed by atoms with van der Waals surface area (Å²) in [5, 5.41) is -0.788. The SMILES string of the molecule is CC(C)S(=O)(=O)CCC(=O)S. The highest BCUT2D eigenvalue weighted by atomic mass is 32.2. The lowest BCUT2D eigenvalue weighted by molar-refractivity contribution is -0.110. The van der Waals surface area contributed by atoms with Gasteiger partial charge in [0.15, 0.2) is 15.0 Å². The summed E-state index contributed by atoms with van der Waals surface area (Å²) in [5.74, 6) is -0.0903. The molecule has 0 amide bonds. The smallest absolute Gasteiger partial charge is 0.186 e. The fourth-order valence-corrected chi connectivity index (χ4v) is 1.67. The van der Waals surface area contributed by atoms with Gasteiger partial charge in [-0.1, -0.05) is 0 Å². The number of hydrogen-bond acceptors (Lipinski definition) is 3. The molecule has 0 aromatic rings. The molecular weight excluding hydrogens is 184 g/mol. The summed E-state index contributed by atoms with van der Waals surface area (Å²) in [7, 11) is -3.06. The molecule has 0 heterocycles. The van der Waals surface area contributed by atoms with Gasteiger partial charge >= 0.3 is 0 Å². The Morgan fingerprint density at radius 3 is 2.18 bits per heavy atom. The molecule has 0 rings (SSSR count). The van der Waals surface area contributed by atoms with Crippen LogP contribution in [0.5, 0.6) is 0 Å². The first-order chi connectivity index (χ1) is 4.86. The van der Waals surface area contributed by atoms with E-state index >= 15 is 0 Å². The van der Waals surface area contributed by atoms with E-state index in [0.29, 0.717) is 0 Å². The minimum absolute atomic E-state index is 0.00360. The van der Waals surface area contributed by atoms with Crippen LogP contribution in [0.15, 0.2) is 0 Å². The largest absolute Gasteiger partial charge is 0.287 e. The first kappa shape index (κ1) is 11.0. The molecule has 0 saturated heterocycles. The molecule has 0 aliphatic rings. The Labute approximate surface area is 72.5 Å². The molecule has 0 aliphatic carbocycles. The molecule has 11 heavy (non-hydrogen) atoms. The van der Waals surface area contributed by atoms with Crippen LogP contribution < -0.4 is 0 Å². The fourth-order valence-electron chi connectivity index (χ4n) is 0.465. The van der Waals surface area contributed by atoms with Crippen molar-refractivity contribution in [3.05, 3.63) is 0 Å². The second-order valence-corrected chi connectivity index (χ2v) is 5.74. The van der Waals surface area contributed by atoms with E-state index < -0.39 is 15.1 Å². The number of sulfone groups is 1. The Morgan fingerprint density at radius 2 is 1.91 bits per heavy atom. The van der Waals surface area contributed by atoms with Gasteiger partial charge < -0.3 is 0 Å². The van der Waals surface area contributed by atoms with Gasteiger partial charge in [0.25, 0.3) is 0 Å². The molecule has 5 heteroatoms. The van der Waals surface area contributed by atoms with Crippen molar-refractivity contribution >= 4 is 27.6 Å². The maximum atomic E-state index is 11.0. The van der Waals surface area contributed by atoms with E-state index in [9.17, 15) is 13.2 Å². The molecule has 0 atom stereocenters. The molecule has 0 radical (unpaired) electrons. The highest BCUT2D eigenvalue weighted by Gasteiger charge is 2.16. The summed E-state index contributed by atoms with van der Waals surface area (Å²) in [6.45, 7) is 3.19. The van der Waals surface area contributed by atoms with Crippen LogP contribution in [-0.2, 0) is 14.6 Å². The fraction of sp³-hybridized carbons (Fsp3) is 0.833. The van der Waals surface area contributed by atoms with Crippen molar-refractivity contribution in [2.75, 3.05) is 5.75 Å². The Bertz CT molecular complexity index is 228. The predicted molar refractivity (Wildman–Crippen MR) is 47.5 cm³/mol. The van der Waals surface area contributed by atoms with Gasteiger partial charge in [-0.2, -0.15) is 0 Å². The quantitative estimate of drug-likeness (QED) is 0.672. The lowest BCUT2D eigenvalue weighted by atomic mass is 10.5. The topological polar surface area (TPSA) is 51.2 Å². The van der Waals surface area contributed by atoms with Gasteiger partial charge in [0.2, 0.25) is 0 Å². The van der Waals surface area contributed by atoms with E-state index in [1.165, 1.54) is 0 Å². The Balaban J connectivity index is 4.05. The van der Waals surface area contributed by atoms with Gasteiger partial charge in [-0.15, -0.1) is 12.6 Å². The average Bonchev–Trinajstić information content (AvgIpc) is 1.84. The number of thiol groups is 1. The van der Waals surface area contributed by atoms with E-state index in [1.54, 1.807) is 13.8 Å². The lowest BCUT2D eigenvalue weighted by Gasteiger charge is -2.04. The first-order valence-corrected chi connectivity index (χ1v) is 5.46. The number of carbonyl (C=O) groups is 1. The third-order valence-corrected chi connectivity index (χ3v) is 3.75. The Kier molecular flexibility index (Phi) is 4.10. The zero-order chi connectivity index (χ0) is 9.07. The summed E-state index contributed by atoms with van der Waals surface area (Å²) < 4.78 is 22.1. The normalized spacial score (nSPS) is 12.0. The van der Waals surface area contributed by atoms with Crippen LogP contribution in [0.25, 0.3) is 0 Å². The van der Waals surface area contributed by atoms with Gasteiger partial charge in [-0.25, -0.2) is 8.42 Å². The summed E-state index contributed by atoms with van der Waals surface area (Å²) in [6.07, 6.45) is 0.00360. The molecule has 0 fully saturated rings. The Morgan fingerprint density at radius 1 is 1.45 bits per heavy atom. The minimum atomic E-state index is -3.06. The summed E-state index contributed by atoms with van der Waals surface area (Å²) >= 11 is 3.48. The van der Waals surface area contributed by atoms with Crippen molar-refractivity contribution in [1.29, 1.82) is 0 Å². The van der Waals surface area contributed by atoms with E-state index in [1.807, 2.05) is 0 Å². The monoisotopic (exact) mass is 196 g/mol. The van der Waals surface area contributed by atoms with Crippen molar-refractivity contribution < 1.29 is 13.2 Å². The summed E-state index contributed by atoms with van der Waals surface area (Å²) in [4.78, 5) is 10.3. The van der Waals surface area contributed by atoms with Crippen LogP contribution in [0.3, 0.4) is 0 Å². The van der Waals surface area contributed by atoms with Crippen LogP contribution in [0.4, 0.5) is 0 Å². The molecule has 0 saturated carbocycles. The zero-order valence-electron chi connectivity index (χ0n) is 6.57. The van der Waals surface area contributed by atoms with Gasteiger partial charge in [-0.3, -0.25) is 4.79 Å². The summed E-state index contributed by atoms with van der Waals surface area (Å²) in [5.41, 5.74) is 0. The van der Waals surface area contributed by atoms with Crippen molar-refractivity contribution in [1.82, 2.24) is 0 Å². The number of carbonyl (C=O) groups excluding carboxylic acids is 1. The molecular formula is C6H12O3S2. The maximum Gasteiger partial charge on any atom is 0.186 e. The Hall–Kier alpha value is -0.0300. The standard InChI is InChI=1S/C6H12O3S2/c1-5(2)11(8,9)4-3-6(7)10/h5H,3-4H2,1-2H3,(H,7,10). The van der Waals surface area contributed by atoms with Crippen LogP contribution in [0, 0.1) is 0 Å². The van der Waals surface area contributed by atoms with E-state index in [0.717, 1.165) is 0 Å². The third kappa shape index (κ3) is 4.42. The molecule has 0 aromatic heterocycles. The first-order valence-electron chi connectivity index (χ1n) is 3.29. The third-order valence-electron chi connectivity index (χ3n) is 1.32. The zero-order valence-corrected chi connectivity index (χ0v) is 8.28. The summed E-state index contributed by atoms with van der Waals surface area (Å²) in [6, 6.07) is 0. The van der Waals surface area contributed by atoms with Crippen LogP contribution in [-0.4, -0.2) is 24.5 Å².